The molecule has 0 aliphatic carbocycles. The van der Waals surface area contributed by atoms with Crippen LogP contribution in [0.5, 0.6) is 0 Å². The predicted octanol–water partition coefficient (Wildman–Crippen LogP) is 2.25. The summed E-state index contributed by atoms with van der Waals surface area (Å²) < 4.78 is 23.2. The first kappa shape index (κ1) is 30.7. The van der Waals surface area contributed by atoms with E-state index in [-0.39, 0.29) is 0 Å². The van der Waals surface area contributed by atoms with E-state index in [4.69, 9.17) is 18.9 Å². The van der Waals surface area contributed by atoms with Crippen LogP contribution in [-0.2, 0) is 32.0 Å². The zero-order valence-corrected chi connectivity index (χ0v) is 23.0. The Bertz CT molecular complexity index is 732. The van der Waals surface area contributed by atoms with Gasteiger partial charge in [0.05, 0.1) is 52.9 Å². The average molecular weight is 529 g/mol. The van der Waals surface area contributed by atoms with Gasteiger partial charge in [-0.1, -0.05) is 60.7 Å². The number of ether oxygens (including phenoxy) is 4. The third-order valence-corrected chi connectivity index (χ3v) is 6.40. The zero-order valence-electron chi connectivity index (χ0n) is 23.0. The third kappa shape index (κ3) is 14.9. The van der Waals surface area contributed by atoms with Gasteiger partial charge in [-0.15, -0.1) is 0 Å². The van der Waals surface area contributed by atoms with Crippen molar-refractivity contribution in [1.82, 2.24) is 20.4 Å². The lowest BCUT2D eigenvalue weighted by molar-refractivity contribution is 0.0293. The van der Waals surface area contributed by atoms with E-state index in [2.05, 4.69) is 81.1 Å². The van der Waals surface area contributed by atoms with E-state index in [1.165, 1.54) is 11.1 Å². The maximum Gasteiger partial charge on any atom is 0.0701 e. The molecule has 212 valence electrons. The van der Waals surface area contributed by atoms with Crippen molar-refractivity contribution in [1.29, 1.82) is 0 Å². The van der Waals surface area contributed by atoms with Crippen LogP contribution in [0.15, 0.2) is 60.7 Å². The first-order valence-electron chi connectivity index (χ1n) is 14.1. The van der Waals surface area contributed by atoms with Crippen LogP contribution in [0.1, 0.15) is 11.1 Å². The number of benzene rings is 2. The van der Waals surface area contributed by atoms with Gasteiger partial charge in [0.2, 0.25) is 0 Å². The van der Waals surface area contributed by atoms with Crippen LogP contribution in [0.2, 0.25) is 0 Å². The SMILES string of the molecule is c1ccc(CN2CCNCCOCCOCCNCCN(Cc3ccccc3)CCOCCOCC2)cc1. The monoisotopic (exact) mass is 528 g/mol. The normalized spacial score (nSPS) is 20.4. The van der Waals surface area contributed by atoms with Crippen molar-refractivity contribution in [2.45, 2.75) is 13.1 Å². The largest absolute Gasteiger partial charge is 0.378 e. The van der Waals surface area contributed by atoms with Gasteiger partial charge in [-0.25, -0.2) is 0 Å². The third-order valence-electron chi connectivity index (χ3n) is 6.40. The van der Waals surface area contributed by atoms with Crippen LogP contribution in [-0.4, -0.2) is 115 Å². The molecule has 1 fully saturated rings. The average Bonchev–Trinajstić information content (AvgIpc) is 2.94. The standard InChI is InChI=1S/C30H48N4O4/c1-3-7-29(8-4-1)27-33-15-11-31-13-19-35-23-24-36-20-14-32-12-16-34(28-30-9-5-2-6-10-30)18-22-38-26-25-37-21-17-33/h1-10,31-32H,11-28H2. The Hall–Kier alpha value is -1.88. The summed E-state index contributed by atoms with van der Waals surface area (Å²) in [5, 5.41) is 6.98. The fourth-order valence-corrected chi connectivity index (χ4v) is 4.27. The molecule has 38 heavy (non-hydrogen) atoms. The van der Waals surface area contributed by atoms with Crippen molar-refractivity contribution in [2.75, 3.05) is 105 Å². The highest BCUT2D eigenvalue weighted by molar-refractivity contribution is 5.15. The second-order valence-electron chi connectivity index (χ2n) is 9.47. The minimum absolute atomic E-state index is 0.620. The predicted molar refractivity (Wildman–Crippen MR) is 152 cm³/mol. The fraction of sp³-hybridized carbons (Fsp3) is 0.600. The van der Waals surface area contributed by atoms with Crippen molar-refractivity contribution in [3.8, 4) is 0 Å². The molecule has 1 aliphatic rings. The van der Waals surface area contributed by atoms with Crippen molar-refractivity contribution >= 4 is 0 Å². The van der Waals surface area contributed by atoms with Gasteiger partial charge in [0.25, 0.3) is 0 Å². The minimum Gasteiger partial charge on any atom is -0.378 e. The van der Waals surface area contributed by atoms with Crippen molar-refractivity contribution < 1.29 is 18.9 Å². The summed E-state index contributed by atoms with van der Waals surface area (Å²) >= 11 is 0. The second-order valence-corrected chi connectivity index (χ2v) is 9.47. The molecule has 0 aromatic heterocycles. The molecule has 3 rings (SSSR count). The van der Waals surface area contributed by atoms with Crippen molar-refractivity contribution in [3.63, 3.8) is 0 Å². The summed E-state index contributed by atoms with van der Waals surface area (Å²) in [5.74, 6) is 0. The lowest BCUT2D eigenvalue weighted by atomic mass is 10.2. The van der Waals surface area contributed by atoms with Gasteiger partial charge in [0, 0.05) is 65.4 Å². The number of nitrogens with zero attached hydrogens (tertiary/aromatic N) is 2. The maximum atomic E-state index is 5.92. The molecule has 1 heterocycles. The molecule has 0 saturated carbocycles. The molecule has 8 nitrogen and oxygen atoms in total. The molecule has 0 unspecified atom stereocenters. The highest BCUT2D eigenvalue weighted by atomic mass is 16.5. The van der Waals surface area contributed by atoms with Gasteiger partial charge in [0.1, 0.15) is 0 Å². The number of hydrogen-bond donors (Lipinski definition) is 2. The lowest BCUT2D eigenvalue weighted by Crippen LogP contribution is -2.36. The molecule has 0 radical (unpaired) electrons. The van der Waals surface area contributed by atoms with Crippen LogP contribution >= 0.6 is 0 Å². The van der Waals surface area contributed by atoms with Gasteiger partial charge in [-0.05, 0) is 11.1 Å². The fourth-order valence-electron chi connectivity index (χ4n) is 4.27. The molecule has 0 amide bonds. The zero-order chi connectivity index (χ0) is 26.4. The second kappa shape index (κ2) is 21.0. The molecular formula is C30H48N4O4. The van der Waals surface area contributed by atoms with Crippen LogP contribution in [0, 0.1) is 0 Å². The Balaban J connectivity index is 1.42. The molecule has 1 saturated heterocycles. The van der Waals surface area contributed by atoms with Crippen LogP contribution in [0.3, 0.4) is 0 Å². The Morgan fingerprint density at radius 1 is 0.447 bits per heavy atom. The van der Waals surface area contributed by atoms with E-state index < -0.39 is 0 Å². The summed E-state index contributed by atoms with van der Waals surface area (Å²) in [6.07, 6.45) is 0. The summed E-state index contributed by atoms with van der Waals surface area (Å²) in [5.41, 5.74) is 2.64. The van der Waals surface area contributed by atoms with Crippen molar-refractivity contribution in [2.24, 2.45) is 0 Å². The summed E-state index contributed by atoms with van der Waals surface area (Å²) in [7, 11) is 0. The minimum atomic E-state index is 0.620. The molecular weight excluding hydrogens is 480 g/mol. The first-order chi connectivity index (χ1) is 18.9. The van der Waals surface area contributed by atoms with Gasteiger partial charge in [-0.3, -0.25) is 9.80 Å². The van der Waals surface area contributed by atoms with E-state index >= 15 is 0 Å². The number of hydrogen-bond acceptors (Lipinski definition) is 8. The van der Waals surface area contributed by atoms with E-state index in [1.807, 2.05) is 0 Å². The number of nitrogens with one attached hydrogen (secondary N) is 2. The van der Waals surface area contributed by atoms with Gasteiger partial charge < -0.3 is 29.6 Å². The first-order valence-corrected chi connectivity index (χ1v) is 14.1. The van der Waals surface area contributed by atoms with E-state index in [0.717, 1.165) is 65.4 Å². The molecule has 0 spiro atoms. The highest BCUT2D eigenvalue weighted by Crippen LogP contribution is 2.05. The van der Waals surface area contributed by atoms with Crippen molar-refractivity contribution in [3.05, 3.63) is 71.8 Å². The number of rotatable bonds is 4. The van der Waals surface area contributed by atoms with Gasteiger partial charge in [0.15, 0.2) is 0 Å². The summed E-state index contributed by atoms with van der Waals surface area (Å²) in [6, 6.07) is 21.2. The smallest absolute Gasteiger partial charge is 0.0701 e. The Morgan fingerprint density at radius 2 is 0.842 bits per heavy atom. The maximum absolute atomic E-state index is 5.92. The quantitative estimate of drug-likeness (QED) is 0.627. The van der Waals surface area contributed by atoms with E-state index in [9.17, 15) is 0 Å². The van der Waals surface area contributed by atoms with E-state index in [1.54, 1.807) is 0 Å². The van der Waals surface area contributed by atoms with Crippen LogP contribution in [0.4, 0.5) is 0 Å². The molecule has 1 aliphatic heterocycles. The molecule has 8 heteroatoms. The summed E-state index contributed by atoms with van der Waals surface area (Å²) in [6.45, 7) is 14.3. The van der Waals surface area contributed by atoms with Gasteiger partial charge in [-0.2, -0.15) is 0 Å². The van der Waals surface area contributed by atoms with E-state index in [0.29, 0.717) is 52.9 Å². The molecule has 2 N–H and O–H groups in total. The summed E-state index contributed by atoms with van der Waals surface area (Å²) in [4.78, 5) is 4.87. The van der Waals surface area contributed by atoms with Crippen LogP contribution < -0.4 is 10.6 Å². The van der Waals surface area contributed by atoms with Crippen LogP contribution in [0.25, 0.3) is 0 Å². The Labute approximate surface area is 229 Å². The topological polar surface area (TPSA) is 67.5 Å². The lowest BCUT2D eigenvalue weighted by Gasteiger charge is -2.23. The van der Waals surface area contributed by atoms with Gasteiger partial charge >= 0.3 is 0 Å². The Morgan fingerprint density at radius 3 is 1.26 bits per heavy atom. The highest BCUT2D eigenvalue weighted by Gasteiger charge is 2.08. The molecule has 0 bridgehead atoms. The molecule has 0 atom stereocenters. The molecule has 2 aromatic rings. The molecule has 2 aromatic carbocycles. The Kier molecular flexibility index (Phi) is 16.9.